The van der Waals surface area contributed by atoms with Gasteiger partial charge >= 0.3 is 0 Å². The van der Waals surface area contributed by atoms with Gasteiger partial charge in [-0.05, 0) is 24.7 Å². The highest BCUT2D eigenvalue weighted by Crippen LogP contribution is 2.17. The molecule has 1 aliphatic heterocycles. The van der Waals surface area contributed by atoms with Crippen molar-refractivity contribution >= 4 is 11.8 Å². The molecule has 1 aromatic heterocycles. The molecule has 0 bridgehead atoms. The number of ether oxygens (including phenoxy) is 1. The maximum absolute atomic E-state index is 5.10. The topological polar surface area (TPSA) is 34.1 Å². The molecule has 88 valence electrons. The Morgan fingerprint density at radius 2 is 2.50 bits per heavy atom. The summed E-state index contributed by atoms with van der Waals surface area (Å²) >= 11 is 2.04. The zero-order chi connectivity index (χ0) is 11.2. The molecule has 0 amide bonds. The number of pyridine rings is 1. The molecule has 1 fully saturated rings. The van der Waals surface area contributed by atoms with Crippen molar-refractivity contribution in [2.24, 2.45) is 0 Å². The highest BCUT2D eigenvalue weighted by molar-refractivity contribution is 7.99. The summed E-state index contributed by atoms with van der Waals surface area (Å²) < 4.78 is 5.10. The van der Waals surface area contributed by atoms with E-state index in [2.05, 4.69) is 10.3 Å². The number of methoxy groups -OCH3 is 1. The number of hydrogen-bond donors (Lipinski definition) is 1. The number of thioether (sulfide) groups is 1. The largest absolute Gasteiger partial charge is 0.481 e. The molecule has 0 aromatic carbocycles. The van der Waals surface area contributed by atoms with Gasteiger partial charge in [0.25, 0.3) is 0 Å². The molecule has 0 aliphatic carbocycles. The standard InChI is InChI=1S/C12H18N2OS/c1-15-12-6-2-4-10(14-12)8-13-11-5-3-7-16-9-11/h2,4,6,11,13H,3,5,7-9H2,1H3. The van der Waals surface area contributed by atoms with E-state index >= 15 is 0 Å². The summed E-state index contributed by atoms with van der Waals surface area (Å²) in [5.74, 6) is 3.23. The first kappa shape index (κ1) is 11.7. The zero-order valence-corrected chi connectivity index (χ0v) is 10.4. The van der Waals surface area contributed by atoms with E-state index in [0.29, 0.717) is 11.9 Å². The second kappa shape index (κ2) is 6.11. The maximum Gasteiger partial charge on any atom is 0.213 e. The molecular weight excluding hydrogens is 220 g/mol. The van der Waals surface area contributed by atoms with E-state index < -0.39 is 0 Å². The minimum atomic E-state index is 0.645. The van der Waals surface area contributed by atoms with Crippen molar-refractivity contribution < 1.29 is 4.74 Å². The van der Waals surface area contributed by atoms with Crippen LogP contribution in [-0.2, 0) is 6.54 Å². The highest BCUT2D eigenvalue weighted by atomic mass is 32.2. The molecule has 0 radical (unpaired) electrons. The van der Waals surface area contributed by atoms with Crippen LogP contribution in [0, 0.1) is 0 Å². The van der Waals surface area contributed by atoms with Crippen LogP contribution in [0.2, 0.25) is 0 Å². The van der Waals surface area contributed by atoms with E-state index in [0.717, 1.165) is 12.2 Å². The van der Waals surface area contributed by atoms with E-state index in [1.807, 2.05) is 30.0 Å². The fourth-order valence-corrected chi connectivity index (χ4v) is 2.93. The molecule has 0 saturated carbocycles. The minimum absolute atomic E-state index is 0.645. The Kier molecular flexibility index (Phi) is 4.48. The van der Waals surface area contributed by atoms with Crippen molar-refractivity contribution in [1.82, 2.24) is 10.3 Å². The number of hydrogen-bond acceptors (Lipinski definition) is 4. The Morgan fingerprint density at radius 1 is 1.56 bits per heavy atom. The van der Waals surface area contributed by atoms with Crippen molar-refractivity contribution in [3.05, 3.63) is 23.9 Å². The molecule has 1 saturated heterocycles. The van der Waals surface area contributed by atoms with Gasteiger partial charge in [0.2, 0.25) is 5.88 Å². The SMILES string of the molecule is COc1cccc(CNC2CCCSC2)n1. The lowest BCUT2D eigenvalue weighted by Gasteiger charge is -2.22. The van der Waals surface area contributed by atoms with Gasteiger partial charge in [0.05, 0.1) is 12.8 Å². The number of nitrogens with one attached hydrogen (secondary N) is 1. The molecule has 2 rings (SSSR count). The minimum Gasteiger partial charge on any atom is -0.481 e. The molecule has 2 heterocycles. The van der Waals surface area contributed by atoms with E-state index in [1.54, 1.807) is 7.11 Å². The molecule has 1 aromatic rings. The summed E-state index contributed by atoms with van der Waals surface area (Å²) in [5.41, 5.74) is 1.05. The predicted octanol–water partition coefficient (Wildman–Crippen LogP) is 2.08. The Hall–Kier alpha value is -0.740. The number of rotatable bonds is 4. The summed E-state index contributed by atoms with van der Waals surface area (Å²) in [7, 11) is 1.65. The van der Waals surface area contributed by atoms with Crippen molar-refractivity contribution in [2.75, 3.05) is 18.6 Å². The van der Waals surface area contributed by atoms with Gasteiger partial charge in [0, 0.05) is 24.4 Å². The van der Waals surface area contributed by atoms with Crippen LogP contribution in [0.25, 0.3) is 0 Å². The van der Waals surface area contributed by atoms with Crippen LogP contribution in [-0.4, -0.2) is 29.6 Å². The summed E-state index contributed by atoms with van der Waals surface area (Å²) in [6.45, 7) is 0.836. The molecule has 1 aliphatic rings. The Balaban J connectivity index is 1.83. The Bertz CT molecular complexity index is 327. The average molecular weight is 238 g/mol. The van der Waals surface area contributed by atoms with Gasteiger partial charge in [0.15, 0.2) is 0 Å². The van der Waals surface area contributed by atoms with Crippen LogP contribution in [0.5, 0.6) is 5.88 Å². The van der Waals surface area contributed by atoms with E-state index in [4.69, 9.17) is 4.74 Å². The monoisotopic (exact) mass is 238 g/mol. The van der Waals surface area contributed by atoms with Gasteiger partial charge in [-0.25, -0.2) is 4.98 Å². The third-order valence-corrected chi connectivity index (χ3v) is 3.94. The molecule has 0 spiro atoms. The van der Waals surface area contributed by atoms with Crippen LogP contribution in [0.15, 0.2) is 18.2 Å². The van der Waals surface area contributed by atoms with Gasteiger partial charge in [-0.2, -0.15) is 11.8 Å². The molecule has 3 nitrogen and oxygen atoms in total. The summed E-state index contributed by atoms with van der Waals surface area (Å²) in [5, 5.41) is 3.55. The lowest BCUT2D eigenvalue weighted by Crippen LogP contribution is -2.33. The van der Waals surface area contributed by atoms with Crippen LogP contribution < -0.4 is 10.1 Å². The first-order valence-electron chi connectivity index (χ1n) is 5.69. The van der Waals surface area contributed by atoms with Crippen molar-refractivity contribution in [3.8, 4) is 5.88 Å². The molecule has 16 heavy (non-hydrogen) atoms. The molecule has 4 heteroatoms. The first-order valence-corrected chi connectivity index (χ1v) is 6.85. The quantitative estimate of drug-likeness (QED) is 0.871. The molecule has 1 unspecified atom stereocenters. The second-order valence-electron chi connectivity index (χ2n) is 3.97. The van der Waals surface area contributed by atoms with Crippen LogP contribution >= 0.6 is 11.8 Å². The maximum atomic E-state index is 5.10. The molecule has 1 N–H and O–H groups in total. The van der Waals surface area contributed by atoms with E-state index in [1.165, 1.54) is 24.3 Å². The van der Waals surface area contributed by atoms with E-state index in [-0.39, 0.29) is 0 Å². The summed E-state index contributed by atoms with van der Waals surface area (Å²) in [6, 6.07) is 6.54. The van der Waals surface area contributed by atoms with Crippen molar-refractivity contribution in [2.45, 2.75) is 25.4 Å². The van der Waals surface area contributed by atoms with Gasteiger partial charge in [-0.3, -0.25) is 0 Å². The third-order valence-electron chi connectivity index (χ3n) is 2.72. The van der Waals surface area contributed by atoms with Crippen LogP contribution in [0.4, 0.5) is 0 Å². The smallest absolute Gasteiger partial charge is 0.213 e. The Morgan fingerprint density at radius 3 is 3.25 bits per heavy atom. The predicted molar refractivity (Wildman–Crippen MR) is 68.0 cm³/mol. The Labute approximate surface area is 101 Å². The summed E-state index contributed by atoms with van der Waals surface area (Å²) in [6.07, 6.45) is 2.62. The normalized spacial score (nSPS) is 20.7. The number of aromatic nitrogens is 1. The van der Waals surface area contributed by atoms with Crippen molar-refractivity contribution in [1.29, 1.82) is 0 Å². The molecular formula is C12H18N2OS. The third kappa shape index (κ3) is 3.39. The van der Waals surface area contributed by atoms with E-state index in [9.17, 15) is 0 Å². The fraction of sp³-hybridized carbons (Fsp3) is 0.583. The van der Waals surface area contributed by atoms with Gasteiger partial charge < -0.3 is 10.1 Å². The van der Waals surface area contributed by atoms with Gasteiger partial charge in [0.1, 0.15) is 0 Å². The van der Waals surface area contributed by atoms with Crippen LogP contribution in [0.3, 0.4) is 0 Å². The zero-order valence-electron chi connectivity index (χ0n) is 9.61. The fourth-order valence-electron chi connectivity index (χ4n) is 1.82. The lowest BCUT2D eigenvalue weighted by atomic mass is 10.2. The second-order valence-corrected chi connectivity index (χ2v) is 5.12. The molecule has 1 atom stereocenters. The number of nitrogens with zero attached hydrogens (tertiary/aromatic N) is 1. The first-order chi connectivity index (χ1) is 7.88. The van der Waals surface area contributed by atoms with Gasteiger partial charge in [-0.1, -0.05) is 6.07 Å². The lowest BCUT2D eigenvalue weighted by molar-refractivity contribution is 0.394. The van der Waals surface area contributed by atoms with Crippen molar-refractivity contribution in [3.63, 3.8) is 0 Å². The van der Waals surface area contributed by atoms with Crippen LogP contribution in [0.1, 0.15) is 18.5 Å². The average Bonchev–Trinajstić information content (AvgIpc) is 2.38. The van der Waals surface area contributed by atoms with Gasteiger partial charge in [-0.15, -0.1) is 0 Å². The summed E-state index contributed by atoms with van der Waals surface area (Å²) in [4.78, 5) is 4.38. The highest BCUT2D eigenvalue weighted by Gasteiger charge is 2.12.